The maximum atomic E-state index is 9.96. The van der Waals surface area contributed by atoms with Gasteiger partial charge in [-0.15, -0.1) is 6.58 Å². The maximum absolute atomic E-state index is 9.96. The predicted molar refractivity (Wildman–Crippen MR) is 38.2 cm³/mol. The summed E-state index contributed by atoms with van der Waals surface area (Å²) in [6.07, 6.45) is 4.43. The topological polar surface area (TPSA) is 40.1 Å². The molecule has 0 heterocycles. The average molecular weight is 139 g/mol. The Morgan fingerprint density at radius 2 is 2.30 bits per heavy atom. The van der Waals surface area contributed by atoms with E-state index in [9.17, 15) is 9.90 Å². The highest BCUT2D eigenvalue weighted by atomic mass is 16.4. The molecule has 0 saturated heterocycles. The number of hydrogen-bond acceptors (Lipinski definition) is 2. The number of carboxylic acid groups (broad SMARTS) is 1. The molecule has 2 nitrogen and oxygen atoms in total. The smallest absolute Gasteiger partial charge is 0.0642 e. The second-order valence-electron chi connectivity index (χ2n) is 2.14. The van der Waals surface area contributed by atoms with Crippen LogP contribution in [0.2, 0.25) is 0 Å². The van der Waals surface area contributed by atoms with Gasteiger partial charge in [-0.1, -0.05) is 11.6 Å². The molecule has 2 heteroatoms. The molecule has 0 aromatic heterocycles. The van der Waals surface area contributed by atoms with Gasteiger partial charge in [-0.3, -0.25) is 0 Å². The van der Waals surface area contributed by atoms with Gasteiger partial charge in [0.1, 0.15) is 0 Å². The fourth-order valence-corrected chi connectivity index (χ4v) is 0.603. The van der Waals surface area contributed by atoms with Gasteiger partial charge in [-0.05, 0) is 25.8 Å². The zero-order chi connectivity index (χ0) is 7.98. The summed E-state index contributed by atoms with van der Waals surface area (Å²) in [6, 6.07) is 0. The van der Waals surface area contributed by atoms with Crippen LogP contribution in [0.25, 0.3) is 0 Å². The van der Waals surface area contributed by atoms with Gasteiger partial charge < -0.3 is 9.90 Å². The van der Waals surface area contributed by atoms with E-state index in [0.717, 1.165) is 24.5 Å². The molecule has 0 rings (SSSR count). The SMILES string of the molecule is C=CCC/C(C)=C\C(=O)[O-]. The standard InChI is InChI=1S/C8H12O2/c1-3-4-5-7(2)6-8(9)10/h3,6H,1,4-5H2,2H3,(H,9,10)/p-1/b7-6-. The molecule has 0 amide bonds. The van der Waals surface area contributed by atoms with Gasteiger partial charge in [-0.25, -0.2) is 0 Å². The van der Waals surface area contributed by atoms with Crippen LogP contribution in [0.15, 0.2) is 24.3 Å². The van der Waals surface area contributed by atoms with Gasteiger partial charge in [0.2, 0.25) is 0 Å². The maximum Gasteiger partial charge on any atom is 0.0642 e. The van der Waals surface area contributed by atoms with Crippen LogP contribution in [-0.2, 0) is 4.79 Å². The van der Waals surface area contributed by atoms with E-state index in [1.54, 1.807) is 13.0 Å². The van der Waals surface area contributed by atoms with E-state index in [0.29, 0.717) is 0 Å². The third-order valence-corrected chi connectivity index (χ3v) is 1.11. The van der Waals surface area contributed by atoms with Crippen molar-refractivity contribution in [2.75, 3.05) is 0 Å². The second kappa shape index (κ2) is 4.79. The van der Waals surface area contributed by atoms with Crippen LogP contribution in [0.4, 0.5) is 0 Å². The molecule has 0 aromatic carbocycles. The minimum Gasteiger partial charge on any atom is -0.545 e. The highest BCUT2D eigenvalue weighted by molar-refractivity contribution is 5.78. The van der Waals surface area contributed by atoms with Crippen molar-refractivity contribution < 1.29 is 9.90 Å². The van der Waals surface area contributed by atoms with Gasteiger partial charge >= 0.3 is 0 Å². The molecule has 56 valence electrons. The first kappa shape index (κ1) is 8.95. The van der Waals surface area contributed by atoms with Gasteiger partial charge in [0, 0.05) is 0 Å². The van der Waals surface area contributed by atoms with Crippen molar-refractivity contribution in [3.63, 3.8) is 0 Å². The Hall–Kier alpha value is -1.05. The van der Waals surface area contributed by atoms with Crippen LogP contribution in [0.3, 0.4) is 0 Å². The predicted octanol–water partition coefficient (Wildman–Crippen LogP) is 0.649. The van der Waals surface area contributed by atoms with E-state index >= 15 is 0 Å². The van der Waals surface area contributed by atoms with Gasteiger partial charge in [0.25, 0.3) is 0 Å². The number of allylic oxidation sites excluding steroid dienone is 2. The summed E-state index contributed by atoms with van der Waals surface area (Å²) in [4.78, 5) is 9.96. The van der Waals surface area contributed by atoms with E-state index in [2.05, 4.69) is 6.58 Å². The van der Waals surface area contributed by atoms with Crippen molar-refractivity contribution in [3.8, 4) is 0 Å². The van der Waals surface area contributed by atoms with E-state index in [4.69, 9.17) is 0 Å². The van der Waals surface area contributed by atoms with Crippen LogP contribution in [0.5, 0.6) is 0 Å². The van der Waals surface area contributed by atoms with Crippen molar-refractivity contribution in [1.82, 2.24) is 0 Å². The van der Waals surface area contributed by atoms with Crippen molar-refractivity contribution in [2.45, 2.75) is 19.8 Å². The monoisotopic (exact) mass is 139 g/mol. The average Bonchev–Trinajstić information content (AvgIpc) is 1.82. The zero-order valence-electron chi connectivity index (χ0n) is 6.09. The van der Waals surface area contributed by atoms with Crippen LogP contribution in [0, 0.1) is 0 Å². The first-order chi connectivity index (χ1) is 4.66. The minimum atomic E-state index is -1.12. The molecule has 0 atom stereocenters. The van der Waals surface area contributed by atoms with E-state index < -0.39 is 5.97 Å². The summed E-state index contributed by atoms with van der Waals surface area (Å²) >= 11 is 0. The summed E-state index contributed by atoms with van der Waals surface area (Å²) in [5.41, 5.74) is 0.819. The Morgan fingerprint density at radius 1 is 1.70 bits per heavy atom. The molecule has 0 aromatic rings. The summed E-state index contributed by atoms with van der Waals surface area (Å²) in [5.74, 6) is -1.12. The molecule has 0 spiro atoms. The quantitative estimate of drug-likeness (QED) is 0.423. The molecule has 0 saturated carbocycles. The second-order valence-corrected chi connectivity index (χ2v) is 2.14. The molecule has 10 heavy (non-hydrogen) atoms. The van der Waals surface area contributed by atoms with Gasteiger partial charge in [0.15, 0.2) is 0 Å². The molecule has 0 aliphatic heterocycles. The zero-order valence-corrected chi connectivity index (χ0v) is 6.09. The third-order valence-electron chi connectivity index (χ3n) is 1.11. The Kier molecular flexibility index (Phi) is 4.29. The van der Waals surface area contributed by atoms with Crippen molar-refractivity contribution in [2.24, 2.45) is 0 Å². The lowest BCUT2D eigenvalue weighted by Crippen LogP contribution is -2.19. The van der Waals surface area contributed by atoms with Crippen LogP contribution < -0.4 is 5.11 Å². The Bertz CT molecular complexity index is 157. The number of carbonyl (C=O) groups is 1. The van der Waals surface area contributed by atoms with Crippen molar-refractivity contribution in [1.29, 1.82) is 0 Å². The molecule has 0 aliphatic rings. The Balaban J connectivity index is 3.70. The molecular formula is C8H11O2-. The van der Waals surface area contributed by atoms with Crippen LogP contribution >= 0.6 is 0 Å². The summed E-state index contributed by atoms with van der Waals surface area (Å²) in [6.45, 7) is 5.28. The lowest BCUT2D eigenvalue weighted by molar-refractivity contribution is -0.297. The lowest BCUT2D eigenvalue weighted by Gasteiger charge is -1.97. The van der Waals surface area contributed by atoms with Gasteiger partial charge in [0.05, 0.1) is 5.97 Å². The number of hydrogen-bond donors (Lipinski definition) is 0. The highest BCUT2D eigenvalue weighted by Gasteiger charge is 1.85. The molecule has 0 fully saturated rings. The number of rotatable bonds is 4. The summed E-state index contributed by atoms with van der Waals surface area (Å²) in [7, 11) is 0. The van der Waals surface area contributed by atoms with E-state index in [1.165, 1.54) is 0 Å². The third kappa shape index (κ3) is 5.09. The van der Waals surface area contributed by atoms with Crippen molar-refractivity contribution in [3.05, 3.63) is 24.3 Å². The first-order valence-electron chi connectivity index (χ1n) is 3.16. The Labute approximate surface area is 60.9 Å². The molecule has 0 aliphatic carbocycles. The van der Waals surface area contributed by atoms with Crippen molar-refractivity contribution >= 4 is 5.97 Å². The normalized spacial score (nSPS) is 11.1. The summed E-state index contributed by atoms with van der Waals surface area (Å²) in [5, 5.41) is 9.96. The molecule has 0 unspecified atom stereocenters. The van der Waals surface area contributed by atoms with Crippen LogP contribution in [0.1, 0.15) is 19.8 Å². The molecule has 0 bridgehead atoms. The summed E-state index contributed by atoms with van der Waals surface area (Å²) < 4.78 is 0. The number of aliphatic carboxylic acids is 1. The van der Waals surface area contributed by atoms with E-state index in [1.807, 2.05) is 0 Å². The van der Waals surface area contributed by atoms with E-state index in [-0.39, 0.29) is 0 Å². The fourth-order valence-electron chi connectivity index (χ4n) is 0.603. The minimum absolute atomic E-state index is 0.747. The first-order valence-corrected chi connectivity index (χ1v) is 3.16. The van der Waals surface area contributed by atoms with Crippen LogP contribution in [-0.4, -0.2) is 5.97 Å². The molecule has 0 radical (unpaired) electrons. The Morgan fingerprint density at radius 3 is 2.70 bits per heavy atom. The molecular weight excluding hydrogens is 128 g/mol. The number of carbonyl (C=O) groups excluding carboxylic acids is 1. The number of carboxylic acids is 1. The highest BCUT2D eigenvalue weighted by Crippen LogP contribution is 2.02. The largest absolute Gasteiger partial charge is 0.545 e. The molecule has 0 N–H and O–H groups in total. The van der Waals surface area contributed by atoms with Gasteiger partial charge in [-0.2, -0.15) is 0 Å². The lowest BCUT2D eigenvalue weighted by atomic mass is 10.1. The fraction of sp³-hybridized carbons (Fsp3) is 0.375.